The molecule has 1 aliphatic heterocycles. The maximum Gasteiger partial charge on any atom is 0.230 e. The molecule has 1 heterocycles. The van der Waals surface area contributed by atoms with E-state index in [2.05, 4.69) is 36.5 Å². The normalized spacial score (nSPS) is 15.6. The Morgan fingerprint density at radius 1 is 0.935 bits per heavy atom. The molecule has 4 rings (SSSR count). The number of nitrogens with one attached hydrogen (secondary N) is 1. The van der Waals surface area contributed by atoms with Crippen LogP contribution in [-0.4, -0.2) is 35.8 Å². The molecule has 31 heavy (non-hydrogen) atoms. The van der Waals surface area contributed by atoms with Crippen molar-refractivity contribution in [3.05, 3.63) is 83.9 Å². The van der Waals surface area contributed by atoms with E-state index in [-0.39, 0.29) is 23.8 Å². The summed E-state index contributed by atoms with van der Waals surface area (Å²) in [6.07, 6.45) is 2.79. The van der Waals surface area contributed by atoms with Gasteiger partial charge in [0.15, 0.2) is 0 Å². The third kappa shape index (κ3) is 5.13. The van der Waals surface area contributed by atoms with Crippen LogP contribution in [0.1, 0.15) is 43.2 Å². The first-order valence-corrected chi connectivity index (χ1v) is 11.2. The Balaban J connectivity index is 1.29. The lowest BCUT2D eigenvalue weighted by Gasteiger charge is -2.34. The Morgan fingerprint density at radius 3 is 2.32 bits per heavy atom. The van der Waals surface area contributed by atoms with Gasteiger partial charge in [0.2, 0.25) is 11.8 Å². The Bertz CT molecular complexity index is 1040. The van der Waals surface area contributed by atoms with Gasteiger partial charge in [0, 0.05) is 19.1 Å². The van der Waals surface area contributed by atoms with Crippen LogP contribution in [0.2, 0.25) is 0 Å². The van der Waals surface area contributed by atoms with Crippen LogP contribution < -0.4 is 5.32 Å². The van der Waals surface area contributed by atoms with Gasteiger partial charge >= 0.3 is 0 Å². The molecule has 0 saturated carbocycles. The highest BCUT2D eigenvalue weighted by Gasteiger charge is 2.28. The first-order chi connectivity index (χ1) is 15.1. The highest BCUT2D eigenvalue weighted by atomic mass is 16.2. The molecule has 4 nitrogen and oxygen atoms in total. The molecular formula is C27H30N2O2. The van der Waals surface area contributed by atoms with Crippen molar-refractivity contribution in [3.63, 3.8) is 0 Å². The van der Waals surface area contributed by atoms with Gasteiger partial charge in [-0.3, -0.25) is 9.59 Å². The smallest absolute Gasteiger partial charge is 0.230 e. The van der Waals surface area contributed by atoms with E-state index in [1.807, 2.05) is 53.4 Å². The Hall–Kier alpha value is -3.14. The van der Waals surface area contributed by atoms with Crippen molar-refractivity contribution >= 4 is 22.6 Å². The van der Waals surface area contributed by atoms with Crippen molar-refractivity contribution in [2.24, 2.45) is 0 Å². The molecule has 1 saturated heterocycles. The number of hydrogen-bond donors (Lipinski definition) is 1. The molecule has 3 aromatic carbocycles. The van der Waals surface area contributed by atoms with Crippen LogP contribution in [0.25, 0.3) is 10.8 Å². The van der Waals surface area contributed by atoms with Crippen LogP contribution >= 0.6 is 0 Å². The number of piperidine rings is 1. The zero-order valence-electron chi connectivity index (χ0n) is 18.1. The molecular weight excluding hydrogens is 384 g/mol. The van der Waals surface area contributed by atoms with Crippen molar-refractivity contribution in [3.8, 4) is 0 Å². The van der Waals surface area contributed by atoms with Crippen LogP contribution in [-0.2, 0) is 16.0 Å². The van der Waals surface area contributed by atoms with Gasteiger partial charge in [-0.1, -0.05) is 79.7 Å². The highest BCUT2D eigenvalue weighted by Crippen LogP contribution is 2.24. The summed E-state index contributed by atoms with van der Waals surface area (Å²) in [5.74, 6) is 0.172. The molecule has 4 heteroatoms. The summed E-state index contributed by atoms with van der Waals surface area (Å²) < 4.78 is 0. The quantitative estimate of drug-likeness (QED) is 0.636. The predicted molar refractivity (Wildman–Crippen MR) is 125 cm³/mol. The van der Waals surface area contributed by atoms with E-state index in [0.29, 0.717) is 19.5 Å². The Labute approximate surface area is 184 Å². The largest absolute Gasteiger partial charge is 0.353 e. The number of likely N-dealkylation sites (tertiary alicyclic amines) is 1. The number of nitrogens with zero attached hydrogens (tertiary/aromatic N) is 1. The van der Waals surface area contributed by atoms with Crippen LogP contribution in [0.4, 0.5) is 0 Å². The summed E-state index contributed by atoms with van der Waals surface area (Å²) in [5, 5.41) is 5.51. The zero-order chi connectivity index (χ0) is 21.6. The molecule has 3 aromatic rings. The zero-order valence-corrected chi connectivity index (χ0v) is 18.1. The van der Waals surface area contributed by atoms with E-state index in [1.54, 1.807) is 0 Å². The second-order valence-corrected chi connectivity index (χ2v) is 8.40. The summed E-state index contributed by atoms with van der Waals surface area (Å²) in [6, 6.07) is 24.5. The lowest BCUT2D eigenvalue weighted by atomic mass is 9.93. The topological polar surface area (TPSA) is 49.4 Å². The third-order valence-electron chi connectivity index (χ3n) is 6.26. The van der Waals surface area contributed by atoms with Gasteiger partial charge in [-0.15, -0.1) is 0 Å². The molecule has 1 unspecified atom stereocenters. The molecule has 1 aliphatic rings. The molecule has 0 aromatic heterocycles. The van der Waals surface area contributed by atoms with Crippen LogP contribution in [0.3, 0.4) is 0 Å². The van der Waals surface area contributed by atoms with Crippen molar-refractivity contribution in [1.29, 1.82) is 0 Å². The number of amides is 2. The maximum absolute atomic E-state index is 13.0. The first-order valence-electron chi connectivity index (χ1n) is 11.2. The van der Waals surface area contributed by atoms with Gasteiger partial charge in [0.05, 0.1) is 12.3 Å². The number of carbonyl (C=O) groups is 2. The molecule has 0 spiro atoms. The standard InChI is InChI=1S/C27H30N2O2/c1-2-25(22-9-4-3-5-10-22)27(31)29-16-14-24(15-17-29)28-26(30)19-20-12-13-21-8-6-7-11-23(21)18-20/h3-13,18,24-25H,2,14-17,19H2,1H3,(H,28,30). The fraction of sp³-hybridized carbons (Fsp3) is 0.333. The van der Waals surface area contributed by atoms with Crippen LogP contribution in [0, 0.1) is 0 Å². The first kappa shape index (κ1) is 21.1. The molecule has 2 amide bonds. The molecule has 1 atom stereocenters. The third-order valence-corrected chi connectivity index (χ3v) is 6.26. The average molecular weight is 415 g/mol. The number of fused-ring (bicyclic) bond motifs is 1. The van der Waals surface area contributed by atoms with Gasteiger partial charge in [-0.05, 0) is 41.2 Å². The van der Waals surface area contributed by atoms with Gasteiger partial charge in [0.1, 0.15) is 0 Å². The maximum atomic E-state index is 13.0. The molecule has 1 N–H and O–H groups in total. The van der Waals surface area contributed by atoms with E-state index in [4.69, 9.17) is 0 Å². The van der Waals surface area contributed by atoms with Gasteiger partial charge in [-0.2, -0.15) is 0 Å². The monoisotopic (exact) mass is 414 g/mol. The second kappa shape index (κ2) is 9.78. The fourth-order valence-corrected chi connectivity index (χ4v) is 4.52. The van der Waals surface area contributed by atoms with Crippen LogP contribution in [0.15, 0.2) is 72.8 Å². The van der Waals surface area contributed by atoms with E-state index in [0.717, 1.165) is 35.8 Å². The van der Waals surface area contributed by atoms with Gasteiger partial charge in [-0.25, -0.2) is 0 Å². The summed E-state index contributed by atoms with van der Waals surface area (Å²) >= 11 is 0. The lowest BCUT2D eigenvalue weighted by Crippen LogP contribution is -2.48. The minimum atomic E-state index is -0.0831. The molecule has 0 aliphatic carbocycles. The van der Waals surface area contributed by atoms with Crippen molar-refractivity contribution < 1.29 is 9.59 Å². The summed E-state index contributed by atoms with van der Waals surface area (Å²) in [6.45, 7) is 3.46. The van der Waals surface area contributed by atoms with Crippen molar-refractivity contribution in [1.82, 2.24) is 10.2 Å². The predicted octanol–water partition coefficient (Wildman–Crippen LogP) is 4.68. The molecule has 1 fully saturated rings. The Morgan fingerprint density at radius 2 is 1.61 bits per heavy atom. The van der Waals surface area contributed by atoms with Crippen molar-refractivity contribution in [2.75, 3.05) is 13.1 Å². The van der Waals surface area contributed by atoms with E-state index in [9.17, 15) is 9.59 Å². The number of benzene rings is 3. The van der Waals surface area contributed by atoms with Crippen molar-refractivity contribution in [2.45, 2.75) is 44.6 Å². The van der Waals surface area contributed by atoms with E-state index < -0.39 is 0 Å². The average Bonchev–Trinajstić information content (AvgIpc) is 2.80. The number of carbonyl (C=O) groups excluding carboxylic acids is 2. The minimum Gasteiger partial charge on any atom is -0.353 e. The summed E-state index contributed by atoms with van der Waals surface area (Å²) in [7, 11) is 0. The second-order valence-electron chi connectivity index (χ2n) is 8.40. The molecule has 0 radical (unpaired) electrons. The lowest BCUT2D eigenvalue weighted by molar-refractivity contribution is -0.134. The number of rotatable bonds is 6. The number of hydrogen-bond acceptors (Lipinski definition) is 2. The molecule has 0 bridgehead atoms. The van der Waals surface area contributed by atoms with Crippen LogP contribution in [0.5, 0.6) is 0 Å². The van der Waals surface area contributed by atoms with Gasteiger partial charge in [0.25, 0.3) is 0 Å². The van der Waals surface area contributed by atoms with Gasteiger partial charge < -0.3 is 10.2 Å². The summed E-state index contributed by atoms with van der Waals surface area (Å²) in [4.78, 5) is 27.6. The molecule has 160 valence electrons. The fourth-order valence-electron chi connectivity index (χ4n) is 4.52. The Kier molecular flexibility index (Phi) is 6.66. The SMILES string of the molecule is CCC(C(=O)N1CCC(NC(=O)Cc2ccc3ccccc3c2)CC1)c1ccccc1. The summed E-state index contributed by atoms with van der Waals surface area (Å²) in [5.41, 5.74) is 2.11. The van der Waals surface area contributed by atoms with E-state index >= 15 is 0 Å². The van der Waals surface area contributed by atoms with E-state index in [1.165, 1.54) is 5.39 Å². The highest BCUT2D eigenvalue weighted by molar-refractivity contribution is 5.86. The minimum absolute atomic E-state index is 0.0516.